The van der Waals surface area contributed by atoms with E-state index in [-0.39, 0.29) is 12.4 Å². The van der Waals surface area contributed by atoms with Crippen molar-refractivity contribution in [2.75, 3.05) is 6.61 Å². The third-order valence-electron chi connectivity index (χ3n) is 1.11. The lowest BCUT2D eigenvalue weighted by molar-refractivity contribution is -0.160. The molecule has 0 heterocycles. The summed E-state index contributed by atoms with van der Waals surface area (Å²) in [4.78, 5) is 0. The van der Waals surface area contributed by atoms with Gasteiger partial charge in [0, 0.05) is 6.61 Å². The van der Waals surface area contributed by atoms with Gasteiger partial charge in [-0.2, -0.15) is 0 Å². The molecule has 0 N–H and O–H groups in total. The summed E-state index contributed by atoms with van der Waals surface area (Å²) in [7, 11) is 0. The fourth-order valence-corrected chi connectivity index (χ4v) is 0.743. The summed E-state index contributed by atoms with van der Waals surface area (Å²) in [6, 6.07) is 0. The molecule has 1 unspecified atom stereocenters. The van der Waals surface area contributed by atoms with E-state index in [0.717, 1.165) is 13.0 Å². The quantitative estimate of drug-likeness (QED) is 0.553. The molecule has 0 aliphatic heterocycles. The fourth-order valence-electron chi connectivity index (χ4n) is 0.743. The van der Waals surface area contributed by atoms with E-state index < -0.39 is 0 Å². The van der Waals surface area contributed by atoms with E-state index >= 15 is 0 Å². The van der Waals surface area contributed by atoms with Crippen LogP contribution >= 0.6 is 0 Å². The molecule has 0 aliphatic rings. The van der Waals surface area contributed by atoms with Gasteiger partial charge in [0.1, 0.15) is 0 Å². The van der Waals surface area contributed by atoms with Crippen molar-refractivity contribution in [2.45, 2.75) is 46.5 Å². The van der Waals surface area contributed by atoms with Crippen LogP contribution in [0.2, 0.25) is 0 Å². The Hall–Kier alpha value is -0.0800. The molecule has 10 heavy (non-hydrogen) atoms. The molecule has 0 saturated heterocycles. The predicted octanol–water partition coefficient (Wildman–Crippen LogP) is 2.18. The Bertz CT molecular complexity index is 71.7. The zero-order valence-electron chi connectivity index (χ0n) is 7.39. The molecule has 0 spiro atoms. The zero-order valence-corrected chi connectivity index (χ0v) is 7.39. The Kier molecular flexibility index (Phi) is 5.64. The lowest BCUT2D eigenvalue weighted by atomic mass is 10.4. The average molecular weight is 146 g/mol. The van der Waals surface area contributed by atoms with Crippen molar-refractivity contribution in [1.82, 2.24) is 0 Å². The Morgan fingerprint density at radius 2 is 1.80 bits per heavy atom. The predicted molar refractivity (Wildman–Crippen MR) is 41.9 cm³/mol. The van der Waals surface area contributed by atoms with Crippen LogP contribution in [0, 0.1) is 0 Å². The molecule has 1 atom stereocenters. The molecule has 0 aromatic carbocycles. The van der Waals surface area contributed by atoms with Crippen LogP contribution in [-0.4, -0.2) is 19.0 Å². The smallest absolute Gasteiger partial charge is 0.157 e. The van der Waals surface area contributed by atoms with E-state index in [1.807, 2.05) is 20.8 Å². The van der Waals surface area contributed by atoms with Gasteiger partial charge in [-0.25, -0.2) is 0 Å². The van der Waals surface area contributed by atoms with Crippen molar-refractivity contribution in [3.05, 3.63) is 0 Å². The average Bonchev–Trinajstić information content (AvgIpc) is 1.86. The largest absolute Gasteiger partial charge is 0.353 e. The van der Waals surface area contributed by atoms with Gasteiger partial charge < -0.3 is 9.47 Å². The minimum absolute atomic E-state index is 0.00926. The van der Waals surface area contributed by atoms with Gasteiger partial charge in [-0.15, -0.1) is 0 Å². The molecule has 0 fully saturated rings. The monoisotopic (exact) mass is 146 g/mol. The summed E-state index contributed by atoms with van der Waals surface area (Å²) < 4.78 is 10.7. The van der Waals surface area contributed by atoms with E-state index in [2.05, 4.69) is 6.92 Å². The number of hydrogen-bond acceptors (Lipinski definition) is 2. The molecule has 2 heteroatoms. The summed E-state index contributed by atoms with van der Waals surface area (Å²) >= 11 is 0. The first-order valence-electron chi connectivity index (χ1n) is 3.97. The van der Waals surface area contributed by atoms with Gasteiger partial charge in [0.2, 0.25) is 0 Å². The number of ether oxygens (including phenoxy) is 2. The van der Waals surface area contributed by atoms with Crippen molar-refractivity contribution in [1.29, 1.82) is 0 Å². The molecule has 0 amide bonds. The van der Waals surface area contributed by atoms with Gasteiger partial charge in [0.05, 0.1) is 6.10 Å². The fraction of sp³-hybridized carbons (Fsp3) is 1.00. The summed E-state index contributed by atoms with van der Waals surface area (Å²) in [6.45, 7) is 8.80. The first kappa shape index (κ1) is 9.92. The van der Waals surface area contributed by atoms with Crippen LogP contribution in [0.3, 0.4) is 0 Å². The van der Waals surface area contributed by atoms with Crippen LogP contribution < -0.4 is 0 Å². The van der Waals surface area contributed by atoms with E-state index in [1.165, 1.54) is 0 Å². The second-order valence-corrected chi connectivity index (χ2v) is 2.48. The SMILES string of the molecule is CCOC(CC)OC(C)C. The zero-order chi connectivity index (χ0) is 7.98. The van der Waals surface area contributed by atoms with Crippen molar-refractivity contribution in [2.24, 2.45) is 0 Å². The molecule has 0 rings (SSSR count). The Morgan fingerprint density at radius 3 is 2.10 bits per heavy atom. The van der Waals surface area contributed by atoms with Crippen molar-refractivity contribution in [3.63, 3.8) is 0 Å². The van der Waals surface area contributed by atoms with Crippen molar-refractivity contribution in [3.8, 4) is 0 Å². The second kappa shape index (κ2) is 5.69. The topological polar surface area (TPSA) is 18.5 Å². The molecule has 2 nitrogen and oxygen atoms in total. The minimum atomic E-state index is -0.00926. The summed E-state index contributed by atoms with van der Waals surface area (Å²) in [5, 5.41) is 0. The van der Waals surface area contributed by atoms with Crippen LogP contribution in [0.4, 0.5) is 0 Å². The molecule has 0 aliphatic carbocycles. The molecule has 0 saturated carbocycles. The van der Waals surface area contributed by atoms with Crippen molar-refractivity contribution >= 4 is 0 Å². The molecular formula is C8H18O2. The normalized spacial score (nSPS) is 14.1. The molecule has 0 bridgehead atoms. The van der Waals surface area contributed by atoms with E-state index in [9.17, 15) is 0 Å². The Morgan fingerprint density at radius 1 is 1.20 bits per heavy atom. The van der Waals surface area contributed by atoms with E-state index in [1.54, 1.807) is 0 Å². The minimum Gasteiger partial charge on any atom is -0.353 e. The maximum atomic E-state index is 5.42. The number of hydrogen-bond donors (Lipinski definition) is 0. The van der Waals surface area contributed by atoms with Crippen LogP contribution in [-0.2, 0) is 9.47 Å². The van der Waals surface area contributed by atoms with Gasteiger partial charge in [0.15, 0.2) is 6.29 Å². The Balaban J connectivity index is 3.39. The van der Waals surface area contributed by atoms with Gasteiger partial charge in [-0.05, 0) is 27.2 Å². The summed E-state index contributed by atoms with van der Waals surface area (Å²) in [5.41, 5.74) is 0. The summed E-state index contributed by atoms with van der Waals surface area (Å²) in [5.74, 6) is 0. The van der Waals surface area contributed by atoms with Crippen LogP contribution in [0.15, 0.2) is 0 Å². The first-order chi connectivity index (χ1) is 4.70. The highest BCUT2D eigenvalue weighted by Crippen LogP contribution is 2.03. The van der Waals surface area contributed by atoms with Gasteiger partial charge in [-0.3, -0.25) is 0 Å². The molecule has 0 aromatic heterocycles. The Labute approximate surface area is 63.5 Å². The molecule has 0 radical (unpaired) electrons. The van der Waals surface area contributed by atoms with Crippen LogP contribution in [0.5, 0.6) is 0 Å². The van der Waals surface area contributed by atoms with Crippen LogP contribution in [0.25, 0.3) is 0 Å². The van der Waals surface area contributed by atoms with Gasteiger partial charge >= 0.3 is 0 Å². The third kappa shape index (κ3) is 4.77. The lowest BCUT2D eigenvalue weighted by Gasteiger charge is -2.18. The molecule has 0 aromatic rings. The van der Waals surface area contributed by atoms with Crippen molar-refractivity contribution < 1.29 is 9.47 Å². The highest BCUT2D eigenvalue weighted by molar-refractivity contribution is 4.42. The van der Waals surface area contributed by atoms with Gasteiger partial charge in [0.25, 0.3) is 0 Å². The number of rotatable bonds is 5. The highest BCUT2D eigenvalue weighted by Gasteiger charge is 2.06. The highest BCUT2D eigenvalue weighted by atomic mass is 16.7. The van der Waals surface area contributed by atoms with E-state index in [0.29, 0.717) is 0 Å². The summed E-state index contributed by atoms with van der Waals surface area (Å²) in [6.07, 6.45) is 1.17. The van der Waals surface area contributed by atoms with Crippen LogP contribution in [0.1, 0.15) is 34.1 Å². The third-order valence-corrected chi connectivity index (χ3v) is 1.11. The maximum Gasteiger partial charge on any atom is 0.157 e. The van der Waals surface area contributed by atoms with E-state index in [4.69, 9.17) is 9.47 Å². The lowest BCUT2D eigenvalue weighted by Crippen LogP contribution is -2.20. The standard InChI is InChI=1S/C8H18O2/c1-5-8(9-6-2)10-7(3)4/h7-8H,5-6H2,1-4H3. The molecule has 62 valence electrons. The molecular weight excluding hydrogens is 128 g/mol. The van der Waals surface area contributed by atoms with Gasteiger partial charge in [-0.1, -0.05) is 6.92 Å². The second-order valence-electron chi connectivity index (χ2n) is 2.48. The first-order valence-corrected chi connectivity index (χ1v) is 3.97. The maximum absolute atomic E-state index is 5.42.